The van der Waals surface area contributed by atoms with Gasteiger partial charge in [-0.1, -0.05) is 111 Å². The van der Waals surface area contributed by atoms with Crippen molar-refractivity contribution in [2.24, 2.45) is 0 Å². The molecule has 0 spiro atoms. The van der Waals surface area contributed by atoms with E-state index in [-0.39, 0.29) is 5.41 Å². The third-order valence-corrected chi connectivity index (χ3v) is 8.20. The standard InChI is InChI=1S/C39H32N2/c1-39(2)37-22-10-9-21-35(37)36-27-34(23-24-38(36)39)41(32-19-11-15-29(25-32)28-13-5-3-6-14-28)33-20-12-18-31(26-33)40-30-16-7-4-8-17-30/h3-27,40H,1-2H3. The number of rotatable bonds is 6. The van der Waals surface area contributed by atoms with Crippen molar-refractivity contribution in [3.05, 3.63) is 163 Å². The second-order valence-corrected chi connectivity index (χ2v) is 11.2. The normalized spacial score (nSPS) is 12.8. The predicted octanol–water partition coefficient (Wildman–Crippen LogP) is 10.9. The van der Waals surface area contributed by atoms with Gasteiger partial charge >= 0.3 is 0 Å². The molecule has 0 fully saturated rings. The molecule has 0 aliphatic heterocycles. The molecule has 0 radical (unpaired) electrons. The SMILES string of the molecule is CC1(C)c2ccccc2-c2cc(N(c3cccc(Nc4ccccc4)c3)c3cccc(-c4ccccc4)c3)ccc21. The molecule has 0 bridgehead atoms. The van der Waals surface area contributed by atoms with Crippen LogP contribution in [0.1, 0.15) is 25.0 Å². The molecule has 0 heterocycles. The highest BCUT2D eigenvalue weighted by Crippen LogP contribution is 2.50. The van der Waals surface area contributed by atoms with E-state index < -0.39 is 0 Å². The number of hydrogen-bond donors (Lipinski definition) is 1. The van der Waals surface area contributed by atoms with Gasteiger partial charge in [-0.2, -0.15) is 0 Å². The van der Waals surface area contributed by atoms with E-state index in [0.29, 0.717) is 0 Å². The van der Waals surface area contributed by atoms with E-state index in [1.54, 1.807) is 0 Å². The van der Waals surface area contributed by atoms with Gasteiger partial charge in [-0.25, -0.2) is 0 Å². The quantitative estimate of drug-likeness (QED) is 0.231. The molecule has 0 amide bonds. The number of hydrogen-bond acceptors (Lipinski definition) is 2. The molecule has 2 heteroatoms. The lowest BCUT2D eigenvalue weighted by molar-refractivity contribution is 0.660. The second-order valence-electron chi connectivity index (χ2n) is 11.2. The molecule has 41 heavy (non-hydrogen) atoms. The summed E-state index contributed by atoms with van der Waals surface area (Å²) in [5.41, 5.74) is 13.2. The molecule has 1 aliphatic rings. The maximum atomic E-state index is 3.58. The summed E-state index contributed by atoms with van der Waals surface area (Å²) < 4.78 is 0. The smallest absolute Gasteiger partial charge is 0.0482 e. The molecule has 1 N–H and O–H groups in total. The van der Waals surface area contributed by atoms with E-state index >= 15 is 0 Å². The van der Waals surface area contributed by atoms with Gasteiger partial charge < -0.3 is 10.2 Å². The number of benzene rings is 6. The largest absolute Gasteiger partial charge is 0.355 e. The van der Waals surface area contributed by atoms with Gasteiger partial charge in [0.25, 0.3) is 0 Å². The lowest BCUT2D eigenvalue weighted by Gasteiger charge is -2.28. The summed E-state index contributed by atoms with van der Waals surface area (Å²) in [6, 6.07) is 54.2. The molecular formula is C39H32N2. The number of para-hydroxylation sites is 1. The first-order valence-electron chi connectivity index (χ1n) is 14.2. The van der Waals surface area contributed by atoms with Crippen LogP contribution in [0.5, 0.6) is 0 Å². The fraction of sp³-hybridized carbons (Fsp3) is 0.0769. The molecule has 0 unspecified atom stereocenters. The van der Waals surface area contributed by atoms with Crippen LogP contribution in [-0.4, -0.2) is 0 Å². The van der Waals surface area contributed by atoms with Crippen molar-refractivity contribution >= 4 is 28.4 Å². The van der Waals surface area contributed by atoms with Crippen LogP contribution in [0.15, 0.2) is 152 Å². The average molecular weight is 529 g/mol. The van der Waals surface area contributed by atoms with Gasteiger partial charge in [0.05, 0.1) is 0 Å². The summed E-state index contributed by atoms with van der Waals surface area (Å²) in [5, 5.41) is 3.58. The zero-order chi connectivity index (χ0) is 27.8. The molecule has 0 saturated carbocycles. The molecule has 6 aromatic rings. The van der Waals surface area contributed by atoms with Crippen LogP contribution in [0.2, 0.25) is 0 Å². The lowest BCUT2D eigenvalue weighted by atomic mass is 9.82. The summed E-state index contributed by atoms with van der Waals surface area (Å²) in [6.07, 6.45) is 0. The monoisotopic (exact) mass is 528 g/mol. The van der Waals surface area contributed by atoms with Crippen LogP contribution in [0.3, 0.4) is 0 Å². The number of nitrogens with one attached hydrogen (secondary N) is 1. The zero-order valence-electron chi connectivity index (χ0n) is 23.4. The zero-order valence-corrected chi connectivity index (χ0v) is 23.4. The van der Waals surface area contributed by atoms with E-state index in [0.717, 1.165) is 28.4 Å². The fourth-order valence-corrected chi connectivity index (χ4v) is 6.16. The van der Waals surface area contributed by atoms with Gasteiger partial charge in [0.1, 0.15) is 0 Å². The minimum atomic E-state index is -0.0258. The molecule has 1 aliphatic carbocycles. The first-order valence-corrected chi connectivity index (χ1v) is 14.2. The summed E-state index contributed by atoms with van der Waals surface area (Å²) in [6.45, 7) is 4.66. The Labute approximate surface area is 242 Å². The van der Waals surface area contributed by atoms with Crippen molar-refractivity contribution in [1.29, 1.82) is 0 Å². The Kier molecular flexibility index (Phi) is 6.17. The Morgan fingerprint density at radius 1 is 0.439 bits per heavy atom. The first kappa shape index (κ1) is 24.9. The topological polar surface area (TPSA) is 15.3 Å². The van der Waals surface area contributed by atoms with Crippen molar-refractivity contribution in [1.82, 2.24) is 0 Å². The Morgan fingerprint density at radius 2 is 1.02 bits per heavy atom. The van der Waals surface area contributed by atoms with Crippen LogP contribution >= 0.6 is 0 Å². The van der Waals surface area contributed by atoms with Gasteiger partial charge in [-0.05, 0) is 88.0 Å². The highest BCUT2D eigenvalue weighted by Gasteiger charge is 2.35. The Bertz CT molecular complexity index is 1840. The second kappa shape index (κ2) is 10.1. The highest BCUT2D eigenvalue weighted by molar-refractivity contribution is 5.88. The average Bonchev–Trinajstić information content (AvgIpc) is 3.25. The van der Waals surface area contributed by atoms with Crippen LogP contribution < -0.4 is 10.2 Å². The summed E-state index contributed by atoms with van der Waals surface area (Å²) >= 11 is 0. The minimum Gasteiger partial charge on any atom is -0.355 e. The third kappa shape index (κ3) is 4.58. The van der Waals surface area contributed by atoms with Crippen molar-refractivity contribution in [2.45, 2.75) is 19.3 Å². The van der Waals surface area contributed by atoms with Crippen LogP contribution in [0.4, 0.5) is 28.4 Å². The minimum absolute atomic E-state index is 0.0258. The molecular weight excluding hydrogens is 496 g/mol. The van der Waals surface area contributed by atoms with E-state index in [1.807, 2.05) is 6.07 Å². The highest BCUT2D eigenvalue weighted by atomic mass is 15.1. The summed E-state index contributed by atoms with van der Waals surface area (Å²) in [7, 11) is 0. The summed E-state index contributed by atoms with van der Waals surface area (Å²) in [4.78, 5) is 2.37. The molecule has 0 aromatic heterocycles. The van der Waals surface area contributed by atoms with E-state index in [4.69, 9.17) is 0 Å². The molecule has 0 atom stereocenters. The Hall–Kier alpha value is -5.08. The van der Waals surface area contributed by atoms with Gasteiger partial charge in [-0.3, -0.25) is 0 Å². The van der Waals surface area contributed by atoms with Crippen LogP contribution in [0, 0.1) is 0 Å². The first-order chi connectivity index (χ1) is 20.1. The molecule has 2 nitrogen and oxygen atoms in total. The Morgan fingerprint density at radius 3 is 1.83 bits per heavy atom. The van der Waals surface area contributed by atoms with Crippen molar-refractivity contribution in [3.63, 3.8) is 0 Å². The molecule has 7 rings (SSSR count). The maximum Gasteiger partial charge on any atom is 0.0482 e. The summed E-state index contributed by atoms with van der Waals surface area (Å²) in [5.74, 6) is 0. The molecule has 6 aromatic carbocycles. The number of nitrogens with zero attached hydrogens (tertiary/aromatic N) is 1. The molecule has 198 valence electrons. The number of anilines is 5. The van der Waals surface area contributed by atoms with Gasteiger partial charge in [0.15, 0.2) is 0 Å². The number of fused-ring (bicyclic) bond motifs is 3. The van der Waals surface area contributed by atoms with E-state index in [1.165, 1.54) is 33.4 Å². The molecule has 0 saturated heterocycles. The van der Waals surface area contributed by atoms with Gasteiger partial charge in [-0.15, -0.1) is 0 Å². The maximum absolute atomic E-state index is 3.58. The van der Waals surface area contributed by atoms with Crippen molar-refractivity contribution < 1.29 is 0 Å². The van der Waals surface area contributed by atoms with E-state index in [9.17, 15) is 0 Å². The van der Waals surface area contributed by atoms with Crippen molar-refractivity contribution in [3.8, 4) is 22.3 Å². The van der Waals surface area contributed by atoms with Crippen LogP contribution in [-0.2, 0) is 5.41 Å². The van der Waals surface area contributed by atoms with Crippen molar-refractivity contribution in [2.75, 3.05) is 10.2 Å². The van der Waals surface area contributed by atoms with Crippen LogP contribution in [0.25, 0.3) is 22.3 Å². The van der Waals surface area contributed by atoms with Gasteiger partial charge in [0.2, 0.25) is 0 Å². The van der Waals surface area contributed by atoms with E-state index in [2.05, 4.69) is 170 Å². The fourth-order valence-electron chi connectivity index (χ4n) is 6.16. The Balaban J connectivity index is 1.38. The predicted molar refractivity (Wildman–Crippen MR) is 174 cm³/mol. The van der Waals surface area contributed by atoms with Gasteiger partial charge in [0, 0.05) is 33.9 Å². The third-order valence-electron chi connectivity index (χ3n) is 8.20. The lowest BCUT2D eigenvalue weighted by Crippen LogP contribution is -2.15.